The molecule has 8 nitrogen and oxygen atoms in total. The highest BCUT2D eigenvalue weighted by molar-refractivity contribution is 9.10. The van der Waals surface area contributed by atoms with Crippen LogP contribution in [0.15, 0.2) is 16.6 Å². The van der Waals surface area contributed by atoms with Crippen molar-refractivity contribution < 1.29 is 9.53 Å². The van der Waals surface area contributed by atoms with Crippen molar-refractivity contribution in [2.75, 3.05) is 4.90 Å². The molecule has 10 heteroatoms. The molecule has 0 saturated heterocycles. The number of anilines is 1. The fraction of sp³-hybridized carbons (Fsp3) is 0.444. The van der Waals surface area contributed by atoms with Crippen molar-refractivity contribution in [1.29, 1.82) is 0 Å². The lowest BCUT2D eigenvalue weighted by atomic mass is 10.2. The molecule has 0 atom stereocenters. The highest BCUT2D eigenvalue weighted by Crippen LogP contribution is 2.29. The number of fused-ring (bicyclic) bond motifs is 1. The summed E-state index contributed by atoms with van der Waals surface area (Å²) in [5.74, 6) is 0.455. The Bertz CT molecular complexity index is 1050. The molecule has 1 amide bonds. The van der Waals surface area contributed by atoms with Crippen molar-refractivity contribution in [1.82, 2.24) is 24.4 Å². The minimum atomic E-state index is -0.658. The van der Waals surface area contributed by atoms with Crippen molar-refractivity contribution in [3.05, 3.63) is 38.8 Å². The molecule has 0 saturated carbocycles. The van der Waals surface area contributed by atoms with Crippen molar-refractivity contribution in [2.24, 2.45) is 7.05 Å². The highest BCUT2D eigenvalue weighted by Gasteiger charge is 2.28. The summed E-state index contributed by atoms with van der Waals surface area (Å²) in [6, 6.07) is 3.52. The number of carbonyl (C=O) groups excluding carboxylic acids is 1. The van der Waals surface area contributed by atoms with Crippen LogP contribution in [0.5, 0.6) is 0 Å². The van der Waals surface area contributed by atoms with Gasteiger partial charge in [0.1, 0.15) is 16.6 Å². The summed E-state index contributed by atoms with van der Waals surface area (Å²) in [5, 5.41) is 9.11. The van der Waals surface area contributed by atoms with Gasteiger partial charge in [0.05, 0.1) is 28.1 Å². The SMILES string of the molecule is Cc1cc(CN(C(=O)OC(C)(C)C)c2cc(Cl)nc3c(Br)c(C)nn23)n(C)n1. The highest BCUT2D eigenvalue weighted by atomic mass is 79.9. The Morgan fingerprint density at radius 3 is 2.54 bits per heavy atom. The monoisotopic (exact) mass is 468 g/mol. The molecule has 0 aliphatic carbocycles. The Kier molecular flexibility index (Phi) is 5.42. The second-order valence-corrected chi connectivity index (χ2v) is 8.72. The molecule has 0 unspecified atom stereocenters. The zero-order valence-corrected chi connectivity index (χ0v) is 19.0. The Balaban J connectivity index is 2.16. The Hall–Kier alpha value is -2.13. The van der Waals surface area contributed by atoms with Gasteiger partial charge in [-0.05, 0) is 56.6 Å². The first-order valence-electron chi connectivity index (χ1n) is 8.67. The van der Waals surface area contributed by atoms with Crippen molar-refractivity contribution in [3.63, 3.8) is 0 Å². The molecule has 0 bridgehead atoms. The maximum absolute atomic E-state index is 13.1. The molecule has 3 aromatic rings. The minimum absolute atomic E-state index is 0.234. The number of amides is 1. The predicted molar refractivity (Wildman–Crippen MR) is 111 cm³/mol. The van der Waals surface area contributed by atoms with Crippen molar-refractivity contribution in [2.45, 2.75) is 46.8 Å². The van der Waals surface area contributed by atoms with Crippen LogP contribution in [0.2, 0.25) is 5.15 Å². The van der Waals surface area contributed by atoms with Gasteiger partial charge in [-0.2, -0.15) is 14.7 Å². The van der Waals surface area contributed by atoms with E-state index in [9.17, 15) is 4.79 Å². The number of aryl methyl sites for hydroxylation is 3. The quantitative estimate of drug-likeness (QED) is 0.530. The van der Waals surface area contributed by atoms with Crippen LogP contribution in [0.25, 0.3) is 5.65 Å². The third kappa shape index (κ3) is 4.15. The second-order valence-electron chi connectivity index (χ2n) is 7.54. The number of aromatic nitrogens is 5. The first-order chi connectivity index (χ1) is 13.0. The largest absolute Gasteiger partial charge is 0.443 e. The van der Waals surface area contributed by atoms with E-state index in [1.807, 2.05) is 47.7 Å². The summed E-state index contributed by atoms with van der Waals surface area (Å²) >= 11 is 9.74. The second kappa shape index (κ2) is 7.36. The van der Waals surface area contributed by atoms with Crippen LogP contribution >= 0.6 is 27.5 Å². The van der Waals surface area contributed by atoms with Gasteiger partial charge in [-0.25, -0.2) is 9.78 Å². The van der Waals surface area contributed by atoms with E-state index in [1.54, 1.807) is 15.3 Å². The lowest BCUT2D eigenvalue weighted by Crippen LogP contribution is -2.38. The number of hydrogen-bond donors (Lipinski definition) is 0. The van der Waals surface area contributed by atoms with Crippen LogP contribution < -0.4 is 4.90 Å². The van der Waals surface area contributed by atoms with E-state index in [4.69, 9.17) is 16.3 Å². The molecule has 0 aliphatic rings. The van der Waals surface area contributed by atoms with Gasteiger partial charge in [0.15, 0.2) is 5.65 Å². The summed E-state index contributed by atoms with van der Waals surface area (Å²) < 4.78 is 9.67. The average molecular weight is 470 g/mol. The Morgan fingerprint density at radius 1 is 1.29 bits per heavy atom. The summed E-state index contributed by atoms with van der Waals surface area (Å²) in [4.78, 5) is 18.9. The lowest BCUT2D eigenvalue weighted by Gasteiger charge is -2.27. The van der Waals surface area contributed by atoms with Crippen molar-refractivity contribution in [3.8, 4) is 0 Å². The van der Waals surface area contributed by atoms with Gasteiger partial charge in [0.2, 0.25) is 0 Å². The smallest absolute Gasteiger partial charge is 0.416 e. The van der Waals surface area contributed by atoms with E-state index in [1.165, 1.54) is 4.90 Å². The van der Waals surface area contributed by atoms with Gasteiger partial charge in [-0.15, -0.1) is 0 Å². The average Bonchev–Trinajstić information content (AvgIpc) is 3.02. The lowest BCUT2D eigenvalue weighted by molar-refractivity contribution is 0.0575. The molecular weight excluding hydrogens is 448 g/mol. The molecule has 0 aromatic carbocycles. The van der Waals surface area contributed by atoms with E-state index in [0.29, 0.717) is 11.5 Å². The van der Waals surface area contributed by atoms with Crippen LogP contribution in [0, 0.1) is 13.8 Å². The summed E-state index contributed by atoms with van der Waals surface area (Å²) in [6.07, 6.45) is -0.515. The minimum Gasteiger partial charge on any atom is -0.443 e. The van der Waals surface area contributed by atoms with E-state index in [-0.39, 0.29) is 11.7 Å². The number of halogens is 2. The van der Waals surface area contributed by atoms with Crippen LogP contribution in [0.3, 0.4) is 0 Å². The van der Waals surface area contributed by atoms with Gasteiger partial charge < -0.3 is 4.74 Å². The van der Waals surface area contributed by atoms with Gasteiger partial charge in [-0.1, -0.05) is 11.6 Å². The molecule has 0 radical (unpaired) electrons. The molecular formula is C18H22BrClN6O2. The molecule has 3 rings (SSSR count). The van der Waals surface area contributed by atoms with Gasteiger partial charge in [-0.3, -0.25) is 9.58 Å². The summed E-state index contributed by atoms with van der Waals surface area (Å²) in [5.41, 5.74) is 2.30. The van der Waals surface area contributed by atoms with Crippen LogP contribution in [0.4, 0.5) is 10.6 Å². The first-order valence-corrected chi connectivity index (χ1v) is 9.85. The standard InChI is InChI=1S/C18H22BrClN6O2/c1-10-7-12(24(6)22-10)9-25(17(27)28-18(3,4)5)14-8-13(20)21-16-15(19)11(2)23-26(14)16/h7-8H,9H2,1-6H3. The fourth-order valence-electron chi connectivity index (χ4n) is 2.78. The Labute approximate surface area is 176 Å². The maximum Gasteiger partial charge on any atom is 0.416 e. The molecule has 3 heterocycles. The molecule has 0 spiro atoms. The fourth-order valence-corrected chi connectivity index (χ4v) is 3.29. The molecule has 0 N–H and O–H groups in total. The van der Waals surface area contributed by atoms with Crippen LogP contribution in [-0.2, 0) is 18.3 Å². The summed E-state index contributed by atoms with van der Waals surface area (Å²) in [6.45, 7) is 9.44. The zero-order chi connectivity index (χ0) is 20.8. The van der Waals surface area contributed by atoms with Gasteiger partial charge >= 0.3 is 6.09 Å². The topological polar surface area (TPSA) is 77.5 Å². The Morgan fingerprint density at radius 2 is 1.96 bits per heavy atom. The van der Waals surface area contributed by atoms with Gasteiger partial charge in [0.25, 0.3) is 0 Å². The number of hydrogen-bond acceptors (Lipinski definition) is 5. The summed E-state index contributed by atoms with van der Waals surface area (Å²) in [7, 11) is 1.83. The predicted octanol–water partition coefficient (Wildman–Crippen LogP) is 4.44. The molecule has 3 aromatic heterocycles. The van der Waals surface area contributed by atoms with E-state index in [0.717, 1.165) is 21.6 Å². The number of nitrogens with zero attached hydrogens (tertiary/aromatic N) is 6. The maximum atomic E-state index is 13.1. The van der Waals surface area contributed by atoms with Gasteiger partial charge in [0, 0.05) is 13.1 Å². The third-order valence-corrected chi connectivity index (χ3v) is 5.07. The van der Waals surface area contributed by atoms with E-state index >= 15 is 0 Å². The van der Waals surface area contributed by atoms with Crippen molar-refractivity contribution >= 4 is 45.1 Å². The molecule has 0 fully saturated rings. The normalized spacial score (nSPS) is 11.9. The van der Waals surface area contributed by atoms with Crippen LogP contribution in [-0.4, -0.2) is 36.1 Å². The third-order valence-electron chi connectivity index (χ3n) is 3.95. The molecule has 28 heavy (non-hydrogen) atoms. The number of ether oxygens (including phenoxy) is 1. The molecule has 150 valence electrons. The van der Waals surface area contributed by atoms with E-state index in [2.05, 4.69) is 31.1 Å². The molecule has 0 aliphatic heterocycles. The number of rotatable bonds is 3. The van der Waals surface area contributed by atoms with Crippen LogP contribution in [0.1, 0.15) is 37.9 Å². The number of carbonyl (C=O) groups is 1. The van der Waals surface area contributed by atoms with E-state index < -0.39 is 11.7 Å². The zero-order valence-electron chi connectivity index (χ0n) is 16.6. The first kappa shape index (κ1) is 20.6.